The smallest absolute Gasteiger partial charge is 0.0112 e. The first kappa shape index (κ1) is 16.5. The molecule has 1 saturated carbocycles. The Hall–Kier alpha value is 1.46. The van der Waals surface area contributed by atoms with E-state index in [-0.39, 0.29) is 0 Å². The standard InChI is InChI=1S/C15H28I2/c1-13-8-7-11-14(16)9-5-3-2-4-6-10-15(17)12-13/h13-15H,2-12H2,1H3. The molecule has 0 aliphatic heterocycles. The van der Waals surface area contributed by atoms with E-state index in [9.17, 15) is 0 Å². The molecule has 2 heteroatoms. The minimum Gasteiger partial charge on any atom is -0.0826 e. The molecule has 1 rings (SSSR count). The third-order valence-corrected chi connectivity index (χ3v) is 6.28. The number of alkyl halides is 2. The van der Waals surface area contributed by atoms with E-state index in [1.807, 2.05) is 0 Å². The molecule has 1 aliphatic carbocycles. The highest BCUT2D eigenvalue weighted by molar-refractivity contribution is 14.1. The molecule has 0 spiro atoms. The first-order valence-corrected chi connectivity index (χ1v) is 9.95. The Labute approximate surface area is 135 Å². The second-order valence-electron chi connectivity index (χ2n) is 5.81. The van der Waals surface area contributed by atoms with Crippen LogP contribution < -0.4 is 0 Å². The highest BCUT2D eigenvalue weighted by Gasteiger charge is 2.12. The normalized spacial score (nSPS) is 35.1. The molecule has 0 aromatic carbocycles. The molecule has 0 nitrogen and oxygen atoms in total. The Balaban J connectivity index is 2.29. The van der Waals surface area contributed by atoms with Crippen molar-refractivity contribution in [2.45, 2.75) is 85.4 Å². The molecular formula is C15H28I2. The maximum absolute atomic E-state index is 2.69. The molecule has 3 atom stereocenters. The van der Waals surface area contributed by atoms with Crippen molar-refractivity contribution in [2.75, 3.05) is 0 Å². The van der Waals surface area contributed by atoms with Crippen LogP contribution in [0.25, 0.3) is 0 Å². The van der Waals surface area contributed by atoms with Gasteiger partial charge in [-0.3, -0.25) is 0 Å². The average Bonchev–Trinajstić information content (AvgIpc) is 2.26. The minimum atomic E-state index is 0.931. The van der Waals surface area contributed by atoms with Crippen LogP contribution in [0.1, 0.15) is 77.6 Å². The second-order valence-corrected chi connectivity index (χ2v) is 9.33. The molecule has 0 N–H and O–H groups in total. The summed E-state index contributed by atoms with van der Waals surface area (Å²) in [7, 11) is 0. The monoisotopic (exact) mass is 462 g/mol. The average molecular weight is 462 g/mol. The molecule has 0 heterocycles. The highest BCUT2D eigenvalue weighted by Crippen LogP contribution is 2.26. The van der Waals surface area contributed by atoms with Gasteiger partial charge in [-0.25, -0.2) is 0 Å². The Morgan fingerprint density at radius 3 is 1.88 bits per heavy atom. The first-order valence-electron chi connectivity index (χ1n) is 7.46. The molecule has 1 fully saturated rings. The maximum Gasteiger partial charge on any atom is 0.0112 e. The van der Waals surface area contributed by atoms with Gasteiger partial charge in [-0.15, -0.1) is 0 Å². The van der Waals surface area contributed by atoms with Crippen LogP contribution in [0.5, 0.6) is 0 Å². The molecule has 0 bridgehead atoms. The molecule has 3 unspecified atom stereocenters. The van der Waals surface area contributed by atoms with Crippen molar-refractivity contribution >= 4 is 45.2 Å². The van der Waals surface area contributed by atoms with E-state index in [2.05, 4.69) is 52.1 Å². The fraction of sp³-hybridized carbons (Fsp3) is 1.00. The topological polar surface area (TPSA) is 0 Å². The number of rotatable bonds is 0. The van der Waals surface area contributed by atoms with Gasteiger partial charge in [0.25, 0.3) is 0 Å². The summed E-state index contributed by atoms with van der Waals surface area (Å²) in [5.41, 5.74) is 0. The Bertz CT molecular complexity index is 182. The van der Waals surface area contributed by atoms with Crippen LogP contribution in [0.15, 0.2) is 0 Å². The summed E-state index contributed by atoms with van der Waals surface area (Å²) in [4.78, 5) is 0. The van der Waals surface area contributed by atoms with Gasteiger partial charge in [-0.2, -0.15) is 0 Å². The Morgan fingerprint density at radius 2 is 1.18 bits per heavy atom. The zero-order valence-corrected chi connectivity index (χ0v) is 15.6. The summed E-state index contributed by atoms with van der Waals surface area (Å²) in [6.45, 7) is 2.46. The fourth-order valence-corrected chi connectivity index (χ4v) is 4.96. The van der Waals surface area contributed by atoms with Crippen molar-refractivity contribution in [3.8, 4) is 0 Å². The minimum absolute atomic E-state index is 0.931. The van der Waals surface area contributed by atoms with Gasteiger partial charge in [-0.1, -0.05) is 97.1 Å². The Morgan fingerprint density at radius 1 is 0.647 bits per heavy atom. The molecule has 0 amide bonds. The van der Waals surface area contributed by atoms with Gasteiger partial charge in [0, 0.05) is 7.85 Å². The first-order chi connectivity index (χ1) is 8.18. The van der Waals surface area contributed by atoms with Crippen LogP contribution in [0.4, 0.5) is 0 Å². The predicted octanol–water partition coefficient (Wildman–Crippen LogP) is 6.53. The van der Waals surface area contributed by atoms with Gasteiger partial charge in [0.15, 0.2) is 0 Å². The van der Waals surface area contributed by atoms with E-state index in [0.717, 1.165) is 13.8 Å². The molecule has 0 aromatic heterocycles. The number of hydrogen-bond acceptors (Lipinski definition) is 0. The molecule has 1 aliphatic rings. The highest BCUT2D eigenvalue weighted by atomic mass is 127. The third-order valence-electron chi connectivity index (χ3n) is 3.91. The summed E-state index contributed by atoms with van der Waals surface area (Å²) >= 11 is 5.36. The van der Waals surface area contributed by atoms with E-state index in [4.69, 9.17) is 0 Å². The molecule has 102 valence electrons. The van der Waals surface area contributed by atoms with Gasteiger partial charge in [-0.05, 0) is 31.6 Å². The largest absolute Gasteiger partial charge is 0.0826 e. The van der Waals surface area contributed by atoms with Gasteiger partial charge in [0.2, 0.25) is 0 Å². The van der Waals surface area contributed by atoms with Crippen LogP contribution >= 0.6 is 45.2 Å². The summed E-state index contributed by atoms with van der Waals surface area (Å²) in [6.07, 6.45) is 16.1. The van der Waals surface area contributed by atoms with Gasteiger partial charge >= 0.3 is 0 Å². The molecule has 0 radical (unpaired) electrons. The summed E-state index contributed by atoms with van der Waals surface area (Å²) < 4.78 is 1.87. The van der Waals surface area contributed by atoms with Crippen LogP contribution in [0.2, 0.25) is 0 Å². The lowest BCUT2D eigenvalue weighted by atomic mass is 9.95. The fourth-order valence-electron chi connectivity index (χ4n) is 2.77. The van der Waals surface area contributed by atoms with Crippen molar-refractivity contribution in [2.24, 2.45) is 5.92 Å². The summed E-state index contributed by atoms with van der Waals surface area (Å²) in [5, 5.41) is 0. The van der Waals surface area contributed by atoms with Crippen LogP contribution in [0, 0.1) is 5.92 Å². The van der Waals surface area contributed by atoms with Crippen LogP contribution in [-0.2, 0) is 0 Å². The van der Waals surface area contributed by atoms with Gasteiger partial charge < -0.3 is 0 Å². The molecule has 17 heavy (non-hydrogen) atoms. The van der Waals surface area contributed by atoms with Crippen molar-refractivity contribution in [3.05, 3.63) is 0 Å². The van der Waals surface area contributed by atoms with Crippen LogP contribution in [-0.4, -0.2) is 7.85 Å². The number of halogens is 2. The van der Waals surface area contributed by atoms with Crippen molar-refractivity contribution in [1.29, 1.82) is 0 Å². The van der Waals surface area contributed by atoms with Crippen molar-refractivity contribution in [1.82, 2.24) is 0 Å². The van der Waals surface area contributed by atoms with Gasteiger partial charge in [0.1, 0.15) is 0 Å². The van der Waals surface area contributed by atoms with Crippen molar-refractivity contribution in [3.63, 3.8) is 0 Å². The lowest BCUT2D eigenvalue weighted by Gasteiger charge is -2.18. The molecule has 0 aromatic rings. The van der Waals surface area contributed by atoms with E-state index >= 15 is 0 Å². The zero-order chi connectivity index (χ0) is 12.5. The lowest BCUT2D eigenvalue weighted by molar-refractivity contribution is 0.440. The summed E-state index contributed by atoms with van der Waals surface area (Å²) in [5.74, 6) is 0.948. The quantitative estimate of drug-likeness (QED) is 0.284. The SMILES string of the molecule is CC1CCCC(I)CCCCCCCC(I)C1. The lowest BCUT2D eigenvalue weighted by Crippen LogP contribution is -2.07. The number of hydrogen-bond donors (Lipinski definition) is 0. The molecule has 0 saturated heterocycles. The van der Waals surface area contributed by atoms with Crippen LogP contribution in [0.3, 0.4) is 0 Å². The van der Waals surface area contributed by atoms with E-state index in [1.165, 1.54) is 70.6 Å². The second kappa shape index (κ2) is 10.3. The van der Waals surface area contributed by atoms with Crippen molar-refractivity contribution < 1.29 is 0 Å². The summed E-state index contributed by atoms with van der Waals surface area (Å²) in [6, 6.07) is 0. The molecular weight excluding hydrogens is 434 g/mol. The predicted molar refractivity (Wildman–Crippen MR) is 95.6 cm³/mol. The zero-order valence-electron chi connectivity index (χ0n) is 11.3. The van der Waals surface area contributed by atoms with Gasteiger partial charge in [0.05, 0.1) is 0 Å². The Kier molecular flexibility index (Phi) is 9.98. The van der Waals surface area contributed by atoms with E-state index in [1.54, 1.807) is 0 Å². The van der Waals surface area contributed by atoms with E-state index < -0.39 is 0 Å². The maximum atomic E-state index is 2.69. The van der Waals surface area contributed by atoms with E-state index in [0.29, 0.717) is 0 Å². The third kappa shape index (κ3) is 9.06.